The van der Waals surface area contributed by atoms with Crippen LogP contribution in [-0.2, 0) is 0 Å². The van der Waals surface area contributed by atoms with Crippen LogP contribution >= 0.6 is 22.9 Å². The van der Waals surface area contributed by atoms with Gasteiger partial charge in [-0.2, -0.15) is 0 Å². The number of fused-ring (bicyclic) bond motifs is 3. The van der Waals surface area contributed by atoms with Crippen LogP contribution in [0.5, 0.6) is 0 Å². The predicted molar refractivity (Wildman–Crippen MR) is 115 cm³/mol. The molecule has 0 radical (unpaired) electrons. The minimum Gasteiger partial charge on any atom is -0.135 e. The zero-order valence-corrected chi connectivity index (χ0v) is 15.5. The molecule has 124 valence electrons. The van der Waals surface area contributed by atoms with Gasteiger partial charge in [-0.3, -0.25) is 0 Å². The standard InChI is InChI=1S/C24H15ClS/c25-21-11-6-10-18(24(21)16-7-2-1-3-8-16)17-13-14-20-19-9-4-5-12-22(19)26-23(20)15-17/h1-15H. The van der Waals surface area contributed by atoms with Gasteiger partial charge in [-0.15, -0.1) is 11.3 Å². The summed E-state index contributed by atoms with van der Waals surface area (Å²) in [6, 6.07) is 31.8. The van der Waals surface area contributed by atoms with Crippen molar-refractivity contribution in [1.29, 1.82) is 0 Å². The molecule has 1 heterocycles. The maximum atomic E-state index is 6.60. The number of rotatable bonds is 2. The van der Waals surface area contributed by atoms with E-state index in [2.05, 4.69) is 72.8 Å². The number of hydrogen-bond acceptors (Lipinski definition) is 1. The second kappa shape index (κ2) is 6.28. The van der Waals surface area contributed by atoms with E-state index in [0.717, 1.165) is 16.1 Å². The molecular weight excluding hydrogens is 356 g/mol. The first-order valence-corrected chi connectivity index (χ1v) is 9.76. The van der Waals surface area contributed by atoms with Crippen molar-refractivity contribution in [2.75, 3.05) is 0 Å². The summed E-state index contributed by atoms with van der Waals surface area (Å²) in [5.41, 5.74) is 4.60. The first-order chi connectivity index (χ1) is 12.8. The predicted octanol–water partition coefficient (Wildman–Crippen LogP) is 8.04. The van der Waals surface area contributed by atoms with E-state index in [4.69, 9.17) is 11.6 Å². The van der Waals surface area contributed by atoms with Gasteiger partial charge < -0.3 is 0 Å². The Bertz CT molecular complexity index is 1240. The molecule has 26 heavy (non-hydrogen) atoms. The average Bonchev–Trinajstić information content (AvgIpc) is 3.06. The molecule has 0 aliphatic rings. The van der Waals surface area contributed by atoms with Gasteiger partial charge in [-0.25, -0.2) is 0 Å². The molecule has 0 unspecified atom stereocenters. The lowest BCUT2D eigenvalue weighted by atomic mass is 9.94. The van der Waals surface area contributed by atoms with Crippen LogP contribution in [0.4, 0.5) is 0 Å². The maximum absolute atomic E-state index is 6.60. The average molecular weight is 371 g/mol. The Kier molecular flexibility index (Phi) is 3.77. The molecule has 0 atom stereocenters. The summed E-state index contributed by atoms with van der Waals surface area (Å²) in [5.74, 6) is 0. The molecule has 0 nitrogen and oxygen atoms in total. The molecule has 5 aromatic rings. The van der Waals surface area contributed by atoms with Crippen molar-refractivity contribution >= 4 is 43.1 Å². The molecule has 4 aromatic carbocycles. The zero-order valence-electron chi connectivity index (χ0n) is 13.9. The Hall–Kier alpha value is -2.61. The SMILES string of the molecule is Clc1cccc(-c2ccc3c(c2)sc2ccccc23)c1-c1ccccc1. The molecule has 0 saturated carbocycles. The summed E-state index contributed by atoms with van der Waals surface area (Å²) in [6.07, 6.45) is 0. The monoisotopic (exact) mass is 370 g/mol. The number of hydrogen-bond donors (Lipinski definition) is 0. The summed E-state index contributed by atoms with van der Waals surface area (Å²) >= 11 is 8.44. The normalized spacial score (nSPS) is 11.3. The van der Waals surface area contributed by atoms with Gasteiger partial charge in [-0.1, -0.05) is 84.4 Å². The lowest BCUT2D eigenvalue weighted by Crippen LogP contribution is -1.86. The lowest BCUT2D eigenvalue weighted by molar-refractivity contribution is 1.60. The fraction of sp³-hybridized carbons (Fsp3) is 0. The molecule has 0 spiro atoms. The van der Waals surface area contributed by atoms with Crippen LogP contribution in [0.25, 0.3) is 42.4 Å². The van der Waals surface area contributed by atoms with E-state index in [1.54, 1.807) is 0 Å². The smallest absolute Gasteiger partial charge is 0.0490 e. The Morgan fingerprint density at radius 2 is 1.35 bits per heavy atom. The molecule has 0 saturated heterocycles. The Morgan fingerprint density at radius 1 is 0.577 bits per heavy atom. The summed E-state index contributed by atoms with van der Waals surface area (Å²) in [5, 5.41) is 3.43. The van der Waals surface area contributed by atoms with Crippen molar-refractivity contribution in [2.24, 2.45) is 0 Å². The van der Waals surface area contributed by atoms with E-state index in [0.29, 0.717) is 0 Å². The Morgan fingerprint density at radius 3 is 2.23 bits per heavy atom. The van der Waals surface area contributed by atoms with Gasteiger partial charge in [0.2, 0.25) is 0 Å². The third-order valence-electron chi connectivity index (χ3n) is 4.77. The summed E-state index contributed by atoms with van der Waals surface area (Å²) < 4.78 is 2.64. The molecule has 0 amide bonds. The fourth-order valence-corrected chi connectivity index (χ4v) is 4.99. The molecule has 2 heteroatoms. The number of benzene rings is 4. The third-order valence-corrected chi connectivity index (χ3v) is 6.21. The van der Waals surface area contributed by atoms with Gasteiger partial charge >= 0.3 is 0 Å². The van der Waals surface area contributed by atoms with Gasteiger partial charge in [0.15, 0.2) is 0 Å². The van der Waals surface area contributed by atoms with Crippen LogP contribution in [0, 0.1) is 0 Å². The van der Waals surface area contributed by atoms with E-state index in [1.807, 2.05) is 29.5 Å². The Balaban J connectivity index is 1.76. The molecule has 0 bridgehead atoms. The number of thiophene rings is 1. The highest BCUT2D eigenvalue weighted by Gasteiger charge is 2.13. The lowest BCUT2D eigenvalue weighted by Gasteiger charge is -2.12. The number of halogens is 1. The van der Waals surface area contributed by atoms with Gasteiger partial charge in [0.1, 0.15) is 0 Å². The van der Waals surface area contributed by atoms with E-state index >= 15 is 0 Å². The first kappa shape index (κ1) is 15.6. The van der Waals surface area contributed by atoms with Crippen LogP contribution in [0.2, 0.25) is 5.02 Å². The molecule has 1 aromatic heterocycles. The van der Waals surface area contributed by atoms with Crippen molar-refractivity contribution < 1.29 is 0 Å². The van der Waals surface area contributed by atoms with E-state index < -0.39 is 0 Å². The Labute approximate surface area is 161 Å². The third kappa shape index (κ3) is 2.52. The molecule has 0 aliphatic heterocycles. The quantitative estimate of drug-likeness (QED) is 0.295. The minimum absolute atomic E-state index is 0.783. The fourth-order valence-electron chi connectivity index (χ4n) is 3.56. The van der Waals surface area contributed by atoms with Crippen LogP contribution in [-0.4, -0.2) is 0 Å². The van der Waals surface area contributed by atoms with Crippen LogP contribution in [0.3, 0.4) is 0 Å². The van der Waals surface area contributed by atoms with E-state index in [9.17, 15) is 0 Å². The van der Waals surface area contributed by atoms with Crippen molar-refractivity contribution in [3.05, 3.63) is 96.0 Å². The molecule has 5 rings (SSSR count). The van der Waals surface area contributed by atoms with E-state index in [1.165, 1.54) is 31.3 Å². The van der Waals surface area contributed by atoms with Crippen LogP contribution < -0.4 is 0 Å². The highest BCUT2D eigenvalue weighted by Crippen LogP contribution is 2.41. The van der Waals surface area contributed by atoms with Gasteiger partial charge in [-0.05, 0) is 34.9 Å². The first-order valence-electron chi connectivity index (χ1n) is 8.57. The van der Waals surface area contributed by atoms with Crippen molar-refractivity contribution in [3.63, 3.8) is 0 Å². The van der Waals surface area contributed by atoms with Gasteiger partial charge in [0.25, 0.3) is 0 Å². The topological polar surface area (TPSA) is 0 Å². The summed E-state index contributed by atoms with van der Waals surface area (Å²) in [6.45, 7) is 0. The minimum atomic E-state index is 0.783. The highest BCUT2D eigenvalue weighted by atomic mass is 35.5. The van der Waals surface area contributed by atoms with E-state index in [-0.39, 0.29) is 0 Å². The van der Waals surface area contributed by atoms with Gasteiger partial charge in [0, 0.05) is 30.8 Å². The second-order valence-corrected chi connectivity index (χ2v) is 7.83. The summed E-state index contributed by atoms with van der Waals surface area (Å²) in [4.78, 5) is 0. The molecule has 0 fully saturated rings. The molecule has 0 aliphatic carbocycles. The molecule has 0 N–H and O–H groups in total. The van der Waals surface area contributed by atoms with Crippen LogP contribution in [0.1, 0.15) is 0 Å². The van der Waals surface area contributed by atoms with Gasteiger partial charge in [0.05, 0.1) is 0 Å². The van der Waals surface area contributed by atoms with Crippen LogP contribution in [0.15, 0.2) is 91.0 Å². The van der Waals surface area contributed by atoms with Crippen molar-refractivity contribution in [1.82, 2.24) is 0 Å². The zero-order chi connectivity index (χ0) is 17.5. The largest absolute Gasteiger partial charge is 0.135 e. The second-order valence-electron chi connectivity index (χ2n) is 6.34. The van der Waals surface area contributed by atoms with Crippen molar-refractivity contribution in [3.8, 4) is 22.3 Å². The molecular formula is C24H15ClS. The highest BCUT2D eigenvalue weighted by molar-refractivity contribution is 7.25. The summed E-state index contributed by atoms with van der Waals surface area (Å²) in [7, 11) is 0. The maximum Gasteiger partial charge on any atom is 0.0490 e. The van der Waals surface area contributed by atoms with Crippen molar-refractivity contribution in [2.45, 2.75) is 0 Å².